The van der Waals surface area contributed by atoms with Gasteiger partial charge in [-0.1, -0.05) is 0 Å². The quantitative estimate of drug-likeness (QED) is 0.765. The molecule has 0 heterocycles. The fraction of sp³-hybridized carbons (Fsp3) is 0.429. The number of carbonyl (C=O) groups excluding carboxylic acids is 2. The monoisotopic (exact) mass is 299 g/mol. The lowest BCUT2D eigenvalue weighted by molar-refractivity contribution is -0.140. The van der Waals surface area contributed by atoms with E-state index in [9.17, 15) is 14.0 Å². The van der Waals surface area contributed by atoms with Crippen LogP contribution >= 0.6 is 0 Å². The molecular formula is C14H18FNO5. The molecule has 0 aliphatic carbocycles. The second kappa shape index (κ2) is 8.21. The van der Waals surface area contributed by atoms with E-state index in [4.69, 9.17) is 9.84 Å². The highest BCUT2D eigenvalue weighted by Crippen LogP contribution is 2.17. The van der Waals surface area contributed by atoms with Crippen LogP contribution in [0.15, 0.2) is 18.2 Å². The zero-order valence-electron chi connectivity index (χ0n) is 12.0. The van der Waals surface area contributed by atoms with Crippen LogP contribution in [0.25, 0.3) is 0 Å². The fourth-order valence-corrected chi connectivity index (χ4v) is 1.69. The molecule has 0 saturated heterocycles. The third-order valence-electron chi connectivity index (χ3n) is 2.85. The summed E-state index contributed by atoms with van der Waals surface area (Å²) < 4.78 is 23.1. The first kappa shape index (κ1) is 16.9. The summed E-state index contributed by atoms with van der Waals surface area (Å²) >= 11 is 0. The number of esters is 1. The van der Waals surface area contributed by atoms with Crippen LogP contribution in [-0.2, 0) is 14.3 Å². The Labute approximate surface area is 122 Å². The van der Waals surface area contributed by atoms with Gasteiger partial charge in [0.25, 0.3) is 5.91 Å². The van der Waals surface area contributed by atoms with E-state index in [1.807, 2.05) is 0 Å². The minimum absolute atomic E-state index is 0.00561. The molecule has 7 heteroatoms. The number of phenols is 1. The van der Waals surface area contributed by atoms with Crippen LogP contribution in [0.4, 0.5) is 4.39 Å². The highest BCUT2D eigenvalue weighted by molar-refractivity contribution is 5.94. The second-order valence-corrected chi connectivity index (χ2v) is 4.28. The van der Waals surface area contributed by atoms with Crippen molar-refractivity contribution in [2.75, 3.05) is 33.9 Å². The van der Waals surface area contributed by atoms with Gasteiger partial charge >= 0.3 is 5.97 Å². The highest BCUT2D eigenvalue weighted by Gasteiger charge is 2.20. The predicted octanol–water partition coefficient (Wildman–Crippen LogP) is 1.18. The van der Waals surface area contributed by atoms with Crippen LogP contribution in [0.3, 0.4) is 0 Å². The molecule has 21 heavy (non-hydrogen) atoms. The van der Waals surface area contributed by atoms with Gasteiger partial charge in [-0.3, -0.25) is 9.59 Å². The second-order valence-electron chi connectivity index (χ2n) is 4.28. The number of ether oxygens (including phenoxy) is 2. The number of hydrogen-bond acceptors (Lipinski definition) is 5. The Bertz CT molecular complexity index is 506. The molecule has 0 fully saturated rings. The molecule has 0 aromatic heterocycles. The Kier molecular flexibility index (Phi) is 6.61. The summed E-state index contributed by atoms with van der Waals surface area (Å²) in [5.74, 6) is -2.12. The van der Waals surface area contributed by atoms with Crippen LogP contribution in [0.2, 0.25) is 0 Å². The number of carbonyl (C=O) groups is 2. The van der Waals surface area contributed by atoms with Crippen LogP contribution in [0, 0.1) is 5.82 Å². The summed E-state index contributed by atoms with van der Waals surface area (Å²) in [6.07, 6.45) is 0.00561. The topological polar surface area (TPSA) is 76.1 Å². The van der Waals surface area contributed by atoms with E-state index in [-0.39, 0.29) is 37.4 Å². The van der Waals surface area contributed by atoms with Gasteiger partial charge in [0.1, 0.15) is 11.6 Å². The lowest BCUT2D eigenvalue weighted by Crippen LogP contribution is -2.36. The van der Waals surface area contributed by atoms with Crippen molar-refractivity contribution >= 4 is 11.9 Å². The minimum Gasteiger partial charge on any atom is -0.508 e. The molecule has 0 bridgehead atoms. The maximum Gasteiger partial charge on any atom is 0.307 e. The van der Waals surface area contributed by atoms with Crippen LogP contribution < -0.4 is 0 Å². The van der Waals surface area contributed by atoms with Gasteiger partial charge in [-0.2, -0.15) is 0 Å². The van der Waals surface area contributed by atoms with Crippen LogP contribution in [-0.4, -0.2) is 55.8 Å². The third-order valence-corrected chi connectivity index (χ3v) is 2.85. The number of nitrogens with zero attached hydrogens (tertiary/aromatic N) is 1. The van der Waals surface area contributed by atoms with Crippen molar-refractivity contribution in [1.82, 2.24) is 4.90 Å². The number of halogens is 1. The van der Waals surface area contributed by atoms with Gasteiger partial charge in [-0.25, -0.2) is 4.39 Å². The van der Waals surface area contributed by atoms with E-state index in [1.54, 1.807) is 0 Å². The van der Waals surface area contributed by atoms with E-state index in [0.717, 1.165) is 6.07 Å². The smallest absolute Gasteiger partial charge is 0.307 e. The summed E-state index contributed by atoms with van der Waals surface area (Å²) in [5, 5.41) is 9.16. The molecule has 1 N–H and O–H groups in total. The number of methoxy groups -OCH3 is 2. The third kappa shape index (κ3) is 5.03. The van der Waals surface area contributed by atoms with E-state index in [1.165, 1.54) is 31.3 Å². The van der Waals surface area contributed by atoms with Crippen LogP contribution in [0.1, 0.15) is 16.8 Å². The Morgan fingerprint density at radius 3 is 2.57 bits per heavy atom. The lowest BCUT2D eigenvalue weighted by Gasteiger charge is -2.22. The SMILES string of the molecule is COCCN(CCC(=O)OC)C(=O)c1ccc(O)cc1F. The van der Waals surface area contributed by atoms with Crippen molar-refractivity contribution < 1.29 is 28.6 Å². The summed E-state index contributed by atoms with van der Waals surface area (Å²) in [4.78, 5) is 24.7. The lowest BCUT2D eigenvalue weighted by atomic mass is 10.1. The maximum absolute atomic E-state index is 13.7. The molecule has 116 valence electrons. The van der Waals surface area contributed by atoms with Gasteiger partial charge in [0, 0.05) is 26.3 Å². The molecule has 0 aliphatic rings. The van der Waals surface area contributed by atoms with Gasteiger partial charge < -0.3 is 19.5 Å². The zero-order chi connectivity index (χ0) is 15.8. The maximum atomic E-state index is 13.7. The molecule has 1 aromatic rings. The molecule has 0 radical (unpaired) electrons. The molecule has 0 unspecified atom stereocenters. The van der Waals surface area contributed by atoms with Crippen molar-refractivity contribution in [3.05, 3.63) is 29.6 Å². The first-order chi connectivity index (χ1) is 9.99. The summed E-state index contributed by atoms with van der Waals surface area (Å²) in [6, 6.07) is 3.29. The largest absolute Gasteiger partial charge is 0.508 e. The Morgan fingerprint density at radius 1 is 1.29 bits per heavy atom. The van der Waals surface area contributed by atoms with Crippen molar-refractivity contribution in [2.24, 2.45) is 0 Å². The van der Waals surface area contributed by atoms with Gasteiger partial charge in [0.2, 0.25) is 0 Å². The van der Waals surface area contributed by atoms with E-state index < -0.39 is 17.7 Å². The summed E-state index contributed by atoms with van der Waals surface area (Å²) in [6.45, 7) is 0.564. The highest BCUT2D eigenvalue weighted by atomic mass is 19.1. The summed E-state index contributed by atoms with van der Waals surface area (Å²) in [5.41, 5.74) is -0.172. The minimum atomic E-state index is -0.819. The van der Waals surface area contributed by atoms with E-state index in [2.05, 4.69) is 4.74 Å². The molecule has 6 nitrogen and oxygen atoms in total. The van der Waals surface area contributed by atoms with Crippen molar-refractivity contribution in [2.45, 2.75) is 6.42 Å². The first-order valence-corrected chi connectivity index (χ1v) is 6.33. The van der Waals surface area contributed by atoms with Crippen molar-refractivity contribution in [3.8, 4) is 5.75 Å². The van der Waals surface area contributed by atoms with Crippen molar-refractivity contribution in [3.63, 3.8) is 0 Å². The number of phenolic OH excluding ortho intramolecular Hbond substituents is 1. The van der Waals surface area contributed by atoms with Crippen LogP contribution in [0.5, 0.6) is 5.75 Å². The fourth-order valence-electron chi connectivity index (χ4n) is 1.69. The van der Waals surface area contributed by atoms with Crippen molar-refractivity contribution in [1.29, 1.82) is 0 Å². The zero-order valence-corrected chi connectivity index (χ0v) is 12.0. The Morgan fingerprint density at radius 2 is 2.00 bits per heavy atom. The molecule has 0 spiro atoms. The Hall–Kier alpha value is -2.15. The van der Waals surface area contributed by atoms with Gasteiger partial charge in [-0.15, -0.1) is 0 Å². The molecular weight excluding hydrogens is 281 g/mol. The number of benzene rings is 1. The predicted molar refractivity (Wildman–Crippen MR) is 72.5 cm³/mol. The molecule has 1 rings (SSSR count). The number of aromatic hydroxyl groups is 1. The van der Waals surface area contributed by atoms with Gasteiger partial charge in [0.05, 0.1) is 25.7 Å². The average molecular weight is 299 g/mol. The van der Waals surface area contributed by atoms with Gasteiger partial charge in [0.15, 0.2) is 0 Å². The first-order valence-electron chi connectivity index (χ1n) is 6.33. The molecule has 1 amide bonds. The molecule has 0 saturated carbocycles. The van der Waals surface area contributed by atoms with E-state index >= 15 is 0 Å². The summed E-state index contributed by atoms with van der Waals surface area (Å²) in [7, 11) is 2.73. The van der Waals surface area contributed by atoms with Gasteiger partial charge in [-0.05, 0) is 12.1 Å². The number of rotatable bonds is 7. The number of amides is 1. The normalized spacial score (nSPS) is 10.2. The molecule has 1 aromatic carbocycles. The van der Waals surface area contributed by atoms with E-state index in [0.29, 0.717) is 0 Å². The Balaban J connectivity index is 2.85. The average Bonchev–Trinajstić information content (AvgIpc) is 2.46. The molecule has 0 aliphatic heterocycles. The number of hydrogen-bond donors (Lipinski definition) is 1. The molecule has 0 atom stereocenters. The standard InChI is InChI=1S/C14H18FNO5/c1-20-8-7-16(6-5-13(18)21-2)14(19)11-4-3-10(17)9-12(11)15/h3-4,9,17H,5-8H2,1-2H3.